The van der Waals surface area contributed by atoms with E-state index in [2.05, 4.69) is 5.32 Å². The van der Waals surface area contributed by atoms with E-state index in [9.17, 15) is 14.7 Å². The van der Waals surface area contributed by atoms with E-state index in [-0.39, 0.29) is 17.2 Å². The number of anilines is 1. The summed E-state index contributed by atoms with van der Waals surface area (Å²) in [4.78, 5) is 24.3. The highest BCUT2D eigenvalue weighted by molar-refractivity contribution is 5.97. The number of hydrogen-bond donors (Lipinski definition) is 2. The number of phenolic OH excluding ortho intramolecular Hbond substituents is 1. The first-order chi connectivity index (χ1) is 12.3. The van der Waals surface area contributed by atoms with E-state index in [0.29, 0.717) is 5.75 Å². The lowest BCUT2D eigenvalue weighted by molar-refractivity contribution is -0.119. The van der Waals surface area contributed by atoms with Crippen molar-refractivity contribution in [2.24, 2.45) is 0 Å². The monoisotopic (exact) mass is 357 g/mol. The molecule has 2 aromatic rings. The van der Waals surface area contributed by atoms with Crippen molar-refractivity contribution >= 4 is 17.6 Å². The van der Waals surface area contributed by atoms with Gasteiger partial charge in [0.05, 0.1) is 7.11 Å². The first-order valence-corrected chi connectivity index (χ1v) is 8.27. The summed E-state index contributed by atoms with van der Waals surface area (Å²) < 4.78 is 9.96. The number of methoxy groups -OCH3 is 1. The standard InChI is InChI=1S/C20H23NO5/c1-12(2)15-7-5-6-13(3)19(15)21-18(23)11-26-20(24)16-9-8-14(25-4)10-17(16)22/h5-10,12,22H,11H2,1-4H3,(H,21,23). The predicted molar refractivity (Wildman–Crippen MR) is 98.8 cm³/mol. The van der Waals surface area contributed by atoms with Crippen LogP contribution in [-0.4, -0.2) is 30.7 Å². The second-order valence-electron chi connectivity index (χ2n) is 6.20. The van der Waals surface area contributed by atoms with Gasteiger partial charge in [0.25, 0.3) is 5.91 Å². The van der Waals surface area contributed by atoms with Crippen molar-refractivity contribution < 1.29 is 24.2 Å². The van der Waals surface area contributed by atoms with Gasteiger partial charge in [-0.25, -0.2) is 4.79 Å². The van der Waals surface area contributed by atoms with Crippen LogP contribution in [0.1, 0.15) is 41.3 Å². The minimum atomic E-state index is -0.783. The highest BCUT2D eigenvalue weighted by Gasteiger charge is 2.17. The van der Waals surface area contributed by atoms with Crippen LogP contribution < -0.4 is 10.1 Å². The van der Waals surface area contributed by atoms with E-state index in [1.165, 1.54) is 25.3 Å². The van der Waals surface area contributed by atoms with E-state index in [0.717, 1.165) is 16.8 Å². The molecule has 6 nitrogen and oxygen atoms in total. The molecule has 0 saturated carbocycles. The number of esters is 1. The SMILES string of the molecule is COc1ccc(C(=O)OCC(=O)Nc2c(C)cccc2C(C)C)c(O)c1. The van der Waals surface area contributed by atoms with Crippen LogP contribution >= 0.6 is 0 Å². The molecule has 0 unspecified atom stereocenters. The summed E-state index contributed by atoms with van der Waals surface area (Å²) in [5, 5.41) is 12.6. The Hall–Kier alpha value is -3.02. The number of para-hydroxylation sites is 1. The lowest BCUT2D eigenvalue weighted by atomic mass is 9.98. The minimum Gasteiger partial charge on any atom is -0.507 e. The average molecular weight is 357 g/mol. The van der Waals surface area contributed by atoms with Gasteiger partial charge in [-0.1, -0.05) is 32.0 Å². The lowest BCUT2D eigenvalue weighted by Crippen LogP contribution is -2.22. The van der Waals surface area contributed by atoms with Gasteiger partial charge in [-0.15, -0.1) is 0 Å². The Labute approximate surface area is 152 Å². The van der Waals surface area contributed by atoms with Gasteiger partial charge in [0.2, 0.25) is 0 Å². The van der Waals surface area contributed by atoms with E-state index in [4.69, 9.17) is 9.47 Å². The van der Waals surface area contributed by atoms with Gasteiger partial charge in [-0.05, 0) is 36.1 Å². The van der Waals surface area contributed by atoms with Gasteiger partial charge < -0.3 is 19.9 Å². The van der Waals surface area contributed by atoms with Crippen molar-refractivity contribution in [3.8, 4) is 11.5 Å². The largest absolute Gasteiger partial charge is 0.507 e. The molecule has 0 fully saturated rings. The second-order valence-corrected chi connectivity index (χ2v) is 6.20. The highest BCUT2D eigenvalue weighted by atomic mass is 16.5. The maximum absolute atomic E-state index is 12.2. The first kappa shape index (κ1) is 19.3. The number of benzene rings is 2. The van der Waals surface area contributed by atoms with Gasteiger partial charge in [0.1, 0.15) is 17.1 Å². The fraction of sp³-hybridized carbons (Fsp3) is 0.300. The van der Waals surface area contributed by atoms with Gasteiger partial charge in [0.15, 0.2) is 6.61 Å². The Bertz CT molecular complexity index is 814. The molecule has 0 saturated heterocycles. The third-order valence-electron chi connectivity index (χ3n) is 3.95. The molecule has 138 valence electrons. The van der Waals surface area contributed by atoms with Crippen LogP contribution in [0.4, 0.5) is 5.69 Å². The van der Waals surface area contributed by atoms with Crippen LogP contribution in [0.3, 0.4) is 0 Å². The fourth-order valence-electron chi connectivity index (χ4n) is 2.54. The van der Waals surface area contributed by atoms with Crippen molar-refractivity contribution in [3.63, 3.8) is 0 Å². The zero-order valence-corrected chi connectivity index (χ0v) is 15.3. The number of amides is 1. The minimum absolute atomic E-state index is 0.0302. The fourth-order valence-corrected chi connectivity index (χ4v) is 2.54. The van der Waals surface area contributed by atoms with Crippen molar-refractivity contribution in [1.82, 2.24) is 0 Å². The summed E-state index contributed by atoms with van der Waals surface area (Å²) in [5.41, 5.74) is 2.65. The molecule has 0 radical (unpaired) electrons. The molecule has 2 aromatic carbocycles. The van der Waals surface area contributed by atoms with Crippen LogP contribution in [0, 0.1) is 6.92 Å². The molecular weight excluding hydrogens is 334 g/mol. The molecule has 0 heterocycles. The molecule has 2 rings (SSSR count). The molecule has 0 atom stereocenters. The first-order valence-electron chi connectivity index (χ1n) is 8.27. The Kier molecular flexibility index (Phi) is 6.22. The summed E-state index contributed by atoms with van der Waals surface area (Å²) >= 11 is 0. The summed E-state index contributed by atoms with van der Waals surface area (Å²) in [7, 11) is 1.45. The topological polar surface area (TPSA) is 84.9 Å². The molecular formula is C20H23NO5. The van der Waals surface area contributed by atoms with Gasteiger partial charge >= 0.3 is 5.97 Å². The van der Waals surface area contributed by atoms with E-state index in [1.54, 1.807) is 0 Å². The maximum Gasteiger partial charge on any atom is 0.342 e. The Morgan fingerprint density at radius 2 is 1.92 bits per heavy atom. The van der Waals surface area contributed by atoms with Crippen LogP contribution in [0.5, 0.6) is 11.5 Å². The van der Waals surface area contributed by atoms with E-state index in [1.807, 2.05) is 39.0 Å². The number of nitrogens with one attached hydrogen (secondary N) is 1. The molecule has 0 bridgehead atoms. The zero-order valence-electron chi connectivity index (χ0n) is 15.3. The molecule has 6 heteroatoms. The van der Waals surface area contributed by atoms with Crippen LogP contribution in [-0.2, 0) is 9.53 Å². The van der Waals surface area contributed by atoms with Crippen molar-refractivity contribution in [3.05, 3.63) is 53.1 Å². The smallest absolute Gasteiger partial charge is 0.342 e. The molecule has 1 amide bonds. The number of aryl methyl sites for hydroxylation is 1. The Balaban J connectivity index is 2.03. The van der Waals surface area contributed by atoms with Crippen molar-refractivity contribution in [2.45, 2.75) is 26.7 Å². The third kappa shape index (κ3) is 4.53. The normalized spacial score (nSPS) is 10.5. The maximum atomic E-state index is 12.2. The second kappa shape index (κ2) is 8.38. The lowest BCUT2D eigenvalue weighted by Gasteiger charge is -2.16. The number of carbonyl (C=O) groups excluding carboxylic acids is 2. The van der Waals surface area contributed by atoms with Crippen molar-refractivity contribution in [1.29, 1.82) is 0 Å². The number of ether oxygens (including phenoxy) is 2. The van der Waals surface area contributed by atoms with Crippen LogP contribution in [0.2, 0.25) is 0 Å². The highest BCUT2D eigenvalue weighted by Crippen LogP contribution is 2.27. The van der Waals surface area contributed by atoms with Gasteiger partial charge in [-0.2, -0.15) is 0 Å². The Morgan fingerprint density at radius 3 is 2.54 bits per heavy atom. The predicted octanol–water partition coefficient (Wildman–Crippen LogP) is 3.63. The number of hydrogen-bond acceptors (Lipinski definition) is 5. The van der Waals surface area contributed by atoms with E-state index >= 15 is 0 Å². The summed E-state index contributed by atoms with van der Waals surface area (Å²) in [5.74, 6) is -0.839. The quantitative estimate of drug-likeness (QED) is 0.771. The number of aromatic hydroxyl groups is 1. The van der Waals surface area contributed by atoms with Gasteiger partial charge in [-0.3, -0.25) is 4.79 Å². The number of carbonyl (C=O) groups is 2. The molecule has 0 aliphatic heterocycles. The van der Waals surface area contributed by atoms with Crippen LogP contribution in [0.25, 0.3) is 0 Å². The number of rotatable bonds is 6. The van der Waals surface area contributed by atoms with Crippen LogP contribution in [0.15, 0.2) is 36.4 Å². The molecule has 0 aliphatic carbocycles. The molecule has 26 heavy (non-hydrogen) atoms. The van der Waals surface area contributed by atoms with Crippen molar-refractivity contribution in [2.75, 3.05) is 19.0 Å². The number of phenols is 1. The molecule has 0 aliphatic rings. The molecule has 2 N–H and O–H groups in total. The zero-order chi connectivity index (χ0) is 19.3. The third-order valence-corrected chi connectivity index (χ3v) is 3.95. The molecule has 0 spiro atoms. The molecule has 0 aromatic heterocycles. The average Bonchev–Trinajstić information content (AvgIpc) is 2.61. The Morgan fingerprint density at radius 1 is 1.19 bits per heavy atom. The summed E-state index contributed by atoms with van der Waals surface area (Å²) in [6, 6.07) is 10.0. The van der Waals surface area contributed by atoms with Gasteiger partial charge in [0, 0.05) is 11.8 Å². The summed E-state index contributed by atoms with van der Waals surface area (Å²) in [6.45, 7) is 5.53. The van der Waals surface area contributed by atoms with E-state index < -0.39 is 18.5 Å². The summed E-state index contributed by atoms with van der Waals surface area (Å²) in [6.07, 6.45) is 0.